The van der Waals surface area contributed by atoms with Gasteiger partial charge in [0, 0.05) is 38.5 Å². The highest BCUT2D eigenvalue weighted by Gasteiger charge is 2.24. The minimum absolute atomic E-state index is 0.204. The molecule has 1 aliphatic rings. The summed E-state index contributed by atoms with van der Waals surface area (Å²) in [5, 5.41) is 27.1. The molecule has 8 heteroatoms. The number of aliphatic hydroxyl groups excluding tert-OH is 1. The largest absolute Gasteiger partial charge is 0.493 e. The predicted octanol–water partition coefficient (Wildman–Crippen LogP) is 14.5. The smallest absolute Gasteiger partial charge is 0.303 e. The first-order valence-electron chi connectivity index (χ1n) is 25.3. The van der Waals surface area contributed by atoms with Crippen LogP contribution in [0.3, 0.4) is 0 Å². The molecule has 0 spiro atoms. The quantitative estimate of drug-likeness (QED) is 0.0439. The number of likely N-dealkylation sites (tertiary alicyclic amines) is 1. The zero-order chi connectivity index (χ0) is 44.4. The van der Waals surface area contributed by atoms with Crippen LogP contribution >= 0.6 is 0 Å². The van der Waals surface area contributed by atoms with Crippen molar-refractivity contribution in [1.82, 2.24) is 4.90 Å². The van der Waals surface area contributed by atoms with E-state index in [4.69, 9.17) is 19.7 Å². The number of hydrogen-bond donors (Lipinski definition) is 3. The zero-order valence-corrected chi connectivity index (χ0v) is 39.0. The molecule has 0 aliphatic carbocycles. The second kappa shape index (κ2) is 40.4. The first-order valence-corrected chi connectivity index (χ1v) is 25.3. The van der Waals surface area contributed by atoms with Crippen LogP contribution in [-0.4, -0.2) is 64.6 Å². The van der Waals surface area contributed by atoms with E-state index >= 15 is 0 Å². The topological polar surface area (TPSA) is 117 Å². The van der Waals surface area contributed by atoms with Gasteiger partial charge in [-0.05, 0) is 108 Å². The Labute approximate surface area is 378 Å². The molecule has 0 saturated carbocycles. The van der Waals surface area contributed by atoms with Gasteiger partial charge in [-0.1, -0.05) is 151 Å². The second-order valence-electron chi connectivity index (χ2n) is 17.6. The number of hydrogen-bond acceptors (Lipinski definition) is 6. The summed E-state index contributed by atoms with van der Waals surface area (Å²) < 4.78 is 12.5. The molecular weight excluding hydrogens is 775 g/mol. The fourth-order valence-corrected chi connectivity index (χ4v) is 7.85. The number of unbranched alkanes of at least 4 members (excludes halogenated alkanes) is 24. The average Bonchev–Trinajstić information content (AvgIpc) is 3.23. The Balaban J connectivity index is 1.45. The van der Waals surface area contributed by atoms with Crippen molar-refractivity contribution >= 4 is 11.9 Å². The summed E-state index contributed by atoms with van der Waals surface area (Å²) in [6.45, 7) is 3.74. The molecule has 352 valence electrons. The number of ether oxygens (including phenoxy) is 2. The van der Waals surface area contributed by atoms with E-state index in [1.807, 2.05) is 0 Å². The normalized spacial score (nSPS) is 13.6. The maximum absolute atomic E-state index is 10.5. The van der Waals surface area contributed by atoms with Crippen LogP contribution < -0.4 is 9.47 Å². The van der Waals surface area contributed by atoms with Gasteiger partial charge in [-0.3, -0.25) is 14.5 Å². The Kier molecular flexibility index (Phi) is 35.7. The second-order valence-corrected chi connectivity index (χ2v) is 17.6. The van der Waals surface area contributed by atoms with Gasteiger partial charge in [0.25, 0.3) is 0 Å². The fourth-order valence-electron chi connectivity index (χ4n) is 7.85. The van der Waals surface area contributed by atoms with E-state index < -0.39 is 11.9 Å². The van der Waals surface area contributed by atoms with Crippen molar-refractivity contribution in [3.05, 3.63) is 72.4 Å². The third-order valence-electron chi connectivity index (χ3n) is 11.6. The molecule has 1 fully saturated rings. The Hall–Kier alpha value is -3.36. The van der Waals surface area contributed by atoms with Crippen molar-refractivity contribution < 1.29 is 34.4 Å². The molecule has 0 bridgehead atoms. The molecule has 0 radical (unpaired) electrons. The lowest BCUT2D eigenvalue weighted by atomic mass is 10.1. The van der Waals surface area contributed by atoms with Crippen LogP contribution in [0.15, 0.2) is 66.8 Å². The molecule has 1 aromatic carbocycles. The van der Waals surface area contributed by atoms with Gasteiger partial charge in [0.1, 0.15) is 11.5 Å². The van der Waals surface area contributed by atoms with Crippen molar-refractivity contribution in [2.45, 2.75) is 218 Å². The maximum atomic E-state index is 10.5. The molecular formula is C54H89NO7. The van der Waals surface area contributed by atoms with Crippen molar-refractivity contribution in [2.24, 2.45) is 0 Å². The third kappa shape index (κ3) is 35.1. The Bertz CT molecular complexity index is 1260. The van der Waals surface area contributed by atoms with Crippen molar-refractivity contribution in [2.75, 3.05) is 26.3 Å². The van der Waals surface area contributed by atoms with E-state index in [2.05, 4.69) is 71.7 Å². The number of aliphatic carboxylic acids is 2. The zero-order valence-electron chi connectivity index (χ0n) is 39.0. The van der Waals surface area contributed by atoms with E-state index in [9.17, 15) is 14.7 Å². The number of carbonyl (C=O) groups is 2. The third-order valence-corrected chi connectivity index (χ3v) is 11.6. The standard InChI is InChI=1S/C54H89NO7/c56-50-47-55(48-50)46-49-43-51(61-41-37-33-29-25-21-17-13-9-5-1-3-7-11-15-19-23-27-31-35-39-53(57)58)45-52(44-49)62-42-38-34-30-26-22-18-14-10-6-2-4-8-12-16-20-24-28-32-36-40-54(59)60/h1-2,5-8,11-12,43-45,50,56H,3-4,9-10,13-42,46-48H2,(H,57,58)(H,59,60). The number of nitrogens with zero attached hydrogens (tertiary/aromatic N) is 1. The SMILES string of the molecule is O=C(O)CCCCCCCC=CCC=CCCCCCCCCCOc1cc(CN2CC(O)C2)cc(OCCCCCCCCCC=CCC=CCCCCCCCC(=O)O)c1. The van der Waals surface area contributed by atoms with Crippen LogP contribution in [-0.2, 0) is 16.1 Å². The molecule has 8 nitrogen and oxygen atoms in total. The monoisotopic (exact) mass is 864 g/mol. The van der Waals surface area contributed by atoms with Gasteiger partial charge < -0.3 is 24.8 Å². The van der Waals surface area contributed by atoms with Gasteiger partial charge in [0.05, 0.1) is 19.3 Å². The van der Waals surface area contributed by atoms with Crippen molar-refractivity contribution in [1.29, 1.82) is 0 Å². The first kappa shape index (κ1) is 54.8. The molecule has 0 aromatic heterocycles. The van der Waals surface area contributed by atoms with Crippen LogP contribution in [0.25, 0.3) is 0 Å². The molecule has 62 heavy (non-hydrogen) atoms. The summed E-state index contributed by atoms with van der Waals surface area (Å²) in [4.78, 5) is 23.3. The number of carboxylic acids is 2. The van der Waals surface area contributed by atoms with E-state index in [0.717, 1.165) is 121 Å². The summed E-state index contributed by atoms with van der Waals surface area (Å²) >= 11 is 0. The number of benzene rings is 1. The van der Waals surface area contributed by atoms with Gasteiger partial charge in [0.15, 0.2) is 0 Å². The lowest BCUT2D eigenvalue weighted by Gasteiger charge is -2.35. The molecule has 1 saturated heterocycles. The van der Waals surface area contributed by atoms with Crippen molar-refractivity contribution in [3.63, 3.8) is 0 Å². The molecule has 1 aliphatic heterocycles. The molecule has 1 aromatic rings. The molecule has 0 amide bonds. The number of aliphatic hydroxyl groups is 1. The van der Waals surface area contributed by atoms with Gasteiger partial charge in [-0.2, -0.15) is 0 Å². The summed E-state index contributed by atoms with van der Waals surface area (Å²) in [5.74, 6) is 0.424. The number of rotatable bonds is 44. The van der Waals surface area contributed by atoms with Crippen LogP contribution in [0.5, 0.6) is 11.5 Å². The van der Waals surface area contributed by atoms with E-state index in [-0.39, 0.29) is 6.10 Å². The molecule has 0 unspecified atom stereocenters. The number of allylic oxidation sites excluding steroid dienone is 8. The summed E-state index contributed by atoms with van der Waals surface area (Å²) in [7, 11) is 0. The minimum atomic E-state index is -0.682. The molecule has 0 atom stereocenters. The van der Waals surface area contributed by atoms with Crippen molar-refractivity contribution in [3.8, 4) is 11.5 Å². The van der Waals surface area contributed by atoms with E-state index in [1.165, 1.54) is 121 Å². The Morgan fingerprint density at radius 1 is 0.468 bits per heavy atom. The fraction of sp³-hybridized carbons (Fsp3) is 0.704. The lowest BCUT2D eigenvalue weighted by molar-refractivity contribution is -0.138. The van der Waals surface area contributed by atoms with E-state index in [0.29, 0.717) is 12.8 Å². The highest BCUT2D eigenvalue weighted by molar-refractivity contribution is 5.66. The van der Waals surface area contributed by atoms with Crippen LogP contribution in [0, 0.1) is 0 Å². The molecule has 1 heterocycles. The molecule has 2 rings (SSSR count). The lowest BCUT2D eigenvalue weighted by Crippen LogP contribution is -2.49. The number of carboxylic acid groups (broad SMARTS) is 2. The van der Waals surface area contributed by atoms with Crippen LogP contribution in [0.2, 0.25) is 0 Å². The van der Waals surface area contributed by atoms with Crippen LogP contribution in [0.4, 0.5) is 0 Å². The number of β-amino-alcohol motifs (C(OH)–C–C–N with tert-alkyl or cyclic N) is 1. The minimum Gasteiger partial charge on any atom is -0.493 e. The highest BCUT2D eigenvalue weighted by atomic mass is 16.5. The Morgan fingerprint density at radius 3 is 1.13 bits per heavy atom. The van der Waals surface area contributed by atoms with Gasteiger partial charge in [-0.15, -0.1) is 0 Å². The summed E-state index contributed by atoms with van der Waals surface area (Å²) in [6, 6.07) is 6.35. The summed E-state index contributed by atoms with van der Waals surface area (Å²) in [5.41, 5.74) is 1.19. The highest BCUT2D eigenvalue weighted by Crippen LogP contribution is 2.26. The molecule has 3 N–H and O–H groups in total. The van der Waals surface area contributed by atoms with Gasteiger partial charge in [0.2, 0.25) is 0 Å². The average molecular weight is 864 g/mol. The van der Waals surface area contributed by atoms with E-state index in [1.54, 1.807) is 0 Å². The summed E-state index contributed by atoms with van der Waals surface area (Å²) in [6.07, 6.45) is 53.5. The Morgan fingerprint density at radius 2 is 0.790 bits per heavy atom. The maximum Gasteiger partial charge on any atom is 0.303 e. The van der Waals surface area contributed by atoms with Crippen LogP contribution in [0.1, 0.15) is 211 Å². The van der Waals surface area contributed by atoms with Gasteiger partial charge >= 0.3 is 11.9 Å². The predicted molar refractivity (Wildman–Crippen MR) is 258 cm³/mol. The van der Waals surface area contributed by atoms with Gasteiger partial charge in [-0.25, -0.2) is 0 Å². The first-order chi connectivity index (χ1) is 30.4.